The number of Topliss-reactive ketones (excluding diaryl/α,β-unsaturated/α-hetero) is 1. The lowest BCUT2D eigenvalue weighted by atomic mass is 10.00. The molecule has 170 valence electrons. The van der Waals surface area contributed by atoms with Crippen LogP contribution in [0.5, 0.6) is 0 Å². The molecule has 2 aliphatic rings. The summed E-state index contributed by atoms with van der Waals surface area (Å²) in [6.45, 7) is 0.269. The Labute approximate surface area is 188 Å². The lowest BCUT2D eigenvalue weighted by Crippen LogP contribution is -2.31. The maximum Gasteiger partial charge on any atom is 0.348 e. The van der Waals surface area contributed by atoms with Gasteiger partial charge in [0, 0.05) is 18.4 Å². The number of carbonyl (C=O) groups excluding carboxylic acids is 2. The Morgan fingerprint density at radius 3 is 2.64 bits per heavy atom. The van der Waals surface area contributed by atoms with Crippen molar-refractivity contribution in [3.8, 4) is 0 Å². The van der Waals surface area contributed by atoms with E-state index < -0.39 is 29.1 Å². The summed E-state index contributed by atoms with van der Waals surface area (Å²) in [6.07, 6.45) is 2.83. The standard InChI is InChI=1S/C25H22F2N2O4/c26-16-5-1-4-15(12-16)23(14-9-10-14)28-24-22(19(30)13-29-11-3-8-20(29)31)17-6-2-7-18(27)21(17)25(32)33-24/h1-2,4-7,12,14,23,28H,3,8-11,13H2. The average Bonchev–Trinajstić information content (AvgIpc) is 3.54. The molecular weight excluding hydrogens is 430 g/mol. The Morgan fingerprint density at radius 2 is 1.94 bits per heavy atom. The molecule has 3 aromatic rings. The molecule has 1 aliphatic carbocycles. The van der Waals surface area contributed by atoms with Gasteiger partial charge in [0.2, 0.25) is 11.8 Å². The van der Waals surface area contributed by atoms with E-state index in [0.717, 1.165) is 18.9 Å². The second-order valence-electron chi connectivity index (χ2n) is 8.61. The number of fused-ring (bicyclic) bond motifs is 1. The van der Waals surface area contributed by atoms with Crippen molar-refractivity contribution in [3.63, 3.8) is 0 Å². The Bertz CT molecular complexity index is 1320. The van der Waals surface area contributed by atoms with Crippen LogP contribution in [-0.2, 0) is 4.79 Å². The van der Waals surface area contributed by atoms with E-state index in [2.05, 4.69) is 5.32 Å². The SMILES string of the molecule is O=C(CN1CCCC1=O)c1c(NC(c2cccc(F)c2)C2CC2)oc(=O)c2c(F)cccc12. The van der Waals surface area contributed by atoms with Crippen LogP contribution in [0.1, 0.15) is 47.6 Å². The molecule has 0 bridgehead atoms. The Hall–Kier alpha value is -3.55. The van der Waals surface area contributed by atoms with Gasteiger partial charge in [-0.3, -0.25) is 9.59 Å². The highest BCUT2D eigenvalue weighted by molar-refractivity contribution is 6.12. The minimum absolute atomic E-state index is 0.0193. The number of anilines is 1. The van der Waals surface area contributed by atoms with E-state index in [1.54, 1.807) is 12.1 Å². The van der Waals surface area contributed by atoms with E-state index in [4.69, 9.17) is 4.42 Å². The van der Waals surface area contributed by atoms with Gasteiger partial charge >= 0.3 is 5.63 Å². The molecule has 2 fully saturated rings. The van der Waals surface area contributed by atoms with Gasteiger partial charge in [-0.05, 0) is 48.9 Å². The van der Waals surface area contributed by atoms with E-state index in [1.165, 1.54) is 29.2 Å². The number of nitrogens with one attached hydrogen (secondary N) is 1. The number of hydrogen-bond donors (Lipinski definition) is 1. The summed E-state index contributed by atoms with van der Waals surface area (Å²) in [4.78, 5) is 39.6. The summed E-state index contributed by atoms with van der Waals surface area (Å²) in [5, 5.41) is 2.95. The van der Waals surface area contributed by atoms with E-state index in [0.29, 0.717) is 24.9 Å². The largest absolute Gasteiger partial charge is 0.405 e. The number of likely N-dealkylation sites (tertiary alicyclic amines) is 1. The smallest absolute Gasteiger partial charge is 0.348 e. The van der Waals surface area contributed by atoms with Crippen molar-refractivity contribution < 1.29 is 22.8 Å². The third kappa shape index (κ3) is 4.13. The van der Waals surface area contributed by atoms with Gasteiger partial charge in [-0.15, -0.1) is 0 Å². The number of halogens is 2. The van der Waals surface area contributed by atoms with E-state index in [-0.39, 0.29) is 40.6 Å². The fraction of sp³-hybridized carbons (Fsp3) is 0.320. The third-order valence-corrected chi connectivity index (χ3v) is 6.28. The molecule has 1 saturated carbocycles. The maximum absolute atomic E-state index is 14.5. The molecule has 2 heterocycles. The molecule has 1 unspecified atom stereocenters. The molecule has 1 aromatic heterocycles. The summed E-state index contributed by atoms with van der Waals surface area (Å²) in [7, 11) is 0. The number of carbonyl (C=O) groups is 2. The van der Waals surface area contributed by atoms with Crippen LogP contribution in [0.25, 0.3) is 10.8 Å². The van der Waals surface area contributed by atoms with E-state index >= 15 is 0 Å². The van der Waals surface area contributed by atoms with Gasteiger partial charge in [-0.25, -0.2) is 13.6 Å². The van der Waals surface area contributed by atoms with Crippen LogP contribution in [-0.4, -0.2) is 29.7 Å². The summed E-state index contributed by atoms with van der Waals surface area (Å²) in [6, 6.07) is 9.76. The molecule has 2 aromatic carbocycles. The van der Waals surface area contributed by atoms with Crippen LogP contribution in [0, 0.1) is 17.6 Å². The Kier molecular flexibility index (Phi) is 5.44. The molecule has 0 radical (unpaired) electrons. The van der Waals surface area contributed by atoms with Gasteiger partial charge in [-0.2, -0.15) is 0 Å². The number of ketones is 1. The number of rotatable bonds is 7. The Morgan fingerprint density at radius 1 is 1.15 bits per heavy atom. The normalized spacial score (nSPS) is 16.9. The fourth-order valence-corrected chi connectivity index (χ4v) is 4.50. The number of hydrogen-bond acceptors (Lipinski definition) is 5. The molecule has 8 heteroatoms. The first kappa shape index (κ1) is 21.3. The predicted molar refractivity (Wildman–Crippen MR) is 118 cm³/mol. The predicted octanol–water partition coefficient (Wildman–Crippen LogP) is 4.44. The summed E-state index contributed by atoms with van der Waals surface area (Å²) < 4.78 is 33.9. The van der Waals surface area contributed by atoms with Crippen molar-refractivity contribution in [3.05, 3.63) is 75.6 Å². The second kappa shape index (κ2) is 8.42. The zero-order valence-electron chi connectivity index (χ0n) is 17.8. The lowest BCUT2D eigenvalue weighted by Gasteiger charge is -2.22. The highest BCUT2D eigenvalue weighted by Gasteiger charge is 2.35. The first-order valence-corrected chi connectivity index (χ1v) is 11.0. The lowest BCUT2D eigenvalue weighted by molar-refractivity contribution is -0.127. The summed E-state index contributed by atoms with van der Waals surface area (Å²) in [5.74, 6) is -1.68. The van der Waals surface area contributed by atoms with Gasteiger partial charge in [0.05, 0.1) is 18.2 Å². The number of nitrogens with zero attached hydrogens (tertiary/aromatic N) is 1. The molecule has 1 amide bonds. The topological polar surface area (TPSA) is 79.6 Å². The second-order valence-corrected chi connectivity index (χ2v) is 8.61. The van der Waals surface area contributed by atoms with Crippen LogP contribution < -0.4 is 10.9 Å². The van der Waals surface area contributed by atoms with Crippen LogP contribution >= 0.6 is 0 Å². The quantitative estimate of drug-likeness (QED) is 0.536. The highest BCUT2D eigenvalue weighted by Crippen LogP contribution is 2.43. The van der Waals surface area contributed by atoms with Gasteiger partial charge in [0.25, 0.3) is 0 Å². The van der Waals surface area contributed by atoms with Crippen molar-refractivity contribution in [2.75, 3.05) is 18.4 Å². The van der Waals surface area contributed by atoms with Gasteiger partial charge in [0.15, 0.2) is 5.78 Å². The third-order valence-electron chi connectivity index (χ3n) is 6.28. The van der Waals surface area contributed by atoms with Crippen molar-refractivity contribution in [2.24, 2.45) is 5.92 Å². The molecule has 1 atom stereocenters. The zero-order chi connectivity index (χ0) is 23.1. The maximum atomic E-state index is 14.5. The molecular formula is C25H22F2N2O4. The van der Waals surface area contributed by atoms with Crippen molar-refractivity contribution in [1.82, 2.24) is 4.90 Å². The minimum atomic E-state index is -0.909. The van der Waals surface area contributed by atoms with E-state index in [1.807, 2.05) is 0 Å². The number of amides is 1. The summed E-state index contributed by atoms with van der Waals surface area (Å²) >= 11 is 0. The first-order valence-electron chi connectivity index (χ1n) is 11.0. The number of benzene rings is 2. The van der Waals surface area contributed by atoms with Crippen molar-refractivity contribution in [1.29, 1.82) is 0 Å². The monoisotopic (exact) mass is 452 g/mol. The van der Waals surface area contributed by atoms with Crippen LogP contribution in [0.4, 0.5) is 14.7 Å². The zero-order valence-corrected chi connectivity index (χ0v) is 17.8. The van der Waals surface area contributed by atoms with Crippen molar-refractivity contribution in [2.45, 2.75) is 31.7 Å². The molecule has 6 nitrogen and oxygen atoms in total. The molecule has 1 N–H and O–H groups in total. The average molecular weight is 452 g/mol. The van der Waals surface area contributed by atoms with Crippen molar-refractivity contribution >= 4 is 28.3 Å². The molecule has 1 aliphatic heterocycles. The van der Waals surface area contributed by atoms with Crippen LogP contribution in [0.15, 0.2) is 51.7 Å². The summed E-state index contributed by atoms with van der Waals surface area (Å²) in [5.41, 5.74) is -0.230. The van der Waals surface area contributed by atoms with Gasteiger partial charge < -0.3 is 14.6 Å². The molecule has 1 saturated heterocycles. The first-order chi connectivity index (χ1) is 15.9. The van der Waals surface area contributed by atoms with Crippen LogP contribution in [0.3, 0.4) is 0 Å². The molecule has 33 heavy (non-hydrogen) atoms. The molecule has 5 rings (SSSR count). The minimum Gasteiger partial charge on any atom is -0.405 e. The molecule has 0 spiro atoms. The Balaban J connectivity index is 1.61. The van der Waals surface area contributed by atoms with Crippen LogP contribution in [0.2, 0.25) is 0 Å². The van der Waals surface area contributed by atoms with Gasteiger partial charge in [-0.1, -0.05) is 24.3 Å². The van der Waals surface area contributed by atoms with E-state index in [9.17, 15) is 23.2 Å². The van der Waals surface area contributed by atoms with Gasteiger partial charge in [0.1, 0.15) is 17.0 Å². The highest BCUT2D eigenvalue weighted by atomic mass is 19.1. The fourth-order valence-electron chi connectivity index (χ4n) is 4.50.